The minimum atomic E-state index is -3.73. The molecule has 2 aromatic heterocycles. The number of sulfone groups is 2. The van der Waals surface area contributed by atoms with E-state index < -0.39 is 19.7 Å². The summed E-state index contributed by atoms with van der Waals surface area (Å²) in [5, 5.41) is 0.524. The van der Waals surface area contributed by atoms with Gasteiger partial charge in [0.25, 0.3) is 0 Å². The summed E-state index contributed by atoms with van der Waals surface area (Å²) in [4.78, 5) is 8.40. The topological polar surface area (TPSA) is 97.0 Å². The number of nitrogens with zero attached hydrogens (tertiary/aromatic N) is 1. The van der Waals surface area contributed by atoms with Gasteiger partial charge in [-0.25, -0.2) is 21.8 Å². The molecule has 5 rings (SSSR count). The monoisotopic (exact) mass is 506 g/mol. The Labute approximate surface area is 205 Å². The minimum absolute atomic E-state index is 0.198. The molecule has 35 heavy (non-hydrogen) atoms. The van der Waals surface area contributed by atoms with Crippen molar-refractivity contribution in [2.24, 2.45) is 5.92 Å². The van der Waals surface area contributed by atoms with Crippen molar-refractivity contribution in [2.75, 3.05) is 6.26 Å². The van der Waals surface area contributed by atoms with E-state index in [4.69, 9.17) is 0 Å². The molecule has 0 amide bonds. The third-order valence-electron chi connectivity index (χ3n) is 6.52. The lowest BCUT2D eigenvalue weighted by Crippen LogP contribution is -2.02. The average molecular weight is 507 g/mol. The summed E-state index contributed by atoms with van der Waals surface area (Å²) in [6, 6.07) is 18.6. The molecule has 0 spiro atoms. The van der Waals surface area contributed by atoms with Gasteiger partial charge in [0, 0.05) is 29.1 Å². The molecule has 2 heterocycles. The number of nitrogens with one attached hydrogen (secondary N) is 1. The van der Waals surface area contributed by atoms with Gasteiger partial charge in [-0.05, 0) is 60.7 Å². The predicted octanol–water partition coefficient (Wildman–Crippen LogP) is 5.42. The molecule has 1 saturated carbocycles. The maximum atomic E-state index is 13.4. The first kappa shape index (κ1) is 23.5. The van der Waals surface area contributed by atoms with E-state index in [0.717, 1.165) is 29.7 Å². The Kier molecular flexibility index (Phi) is 6.11. The van der Waals surface area contributed by atoms with Gasteiger partial charge in [-0.15, -0.1) is 0 Å². The van der Waals surface area contributed by atoms with Crippen molar-refractivity contribution in [1.82, 2.24) is 9.97 Å². The Balaban J connectivity index is 1.65. The van der Waals surface area contributed by atoms with Crippen LogP contribution in [0, 0.1) is 5.92 Å². The number of benzene rings is 2. The molecule has 1 fully saturated rings. The molecule has 1 N–H and O–H groups in total. The molecule has 2 aromatic carbocycles. The lowest BCUT2D eigenvalue weighted by molar-refractivity contribution is 0.596. The summed E-state index contributed by atoms with van der Waals surface area (Å²) in [5.41, 5.74) is 3.02. The van der Waals surface area contributed by atoms with Crippen LogP contribution in [0.5, 0.6) is 0 Å². The molecular formula is C27H26N2O4S2. The second-order valence-corrected chi connectivity index (χ2v) is 12.9. The largest absolute Gasteiger partial charge is 0.339 e. The molecule has 1 aliphatic rings. The van der Waals surface area contributed by atoms with E-state index in [-0.39, 0.29) is 14.7 Å². The molecule has 0 saturated heterocycles. The van der Waals surface area contributed by atoms with E-state index >= 15 is 0 Å². The van der Waals surface area contributed by atoms with Gasteiger partial charge in [-0.3, -0.25) is 0 Å². The third-order valence-corrected chi connectivity index (χ3v) is 9.48. The summed E-state index contributed by atoms with van der Waals surface area (Å²) < 4.78 is 50.7. The van der Waals surface area contributed by atoms with Crippen LogP contribution in [-0.4, -0.2) is 33.1 Å². The SMILES string of the molecule is CS(=O)(=O)c1ccc(C(=CC2CCCC2)c2cc3c(S(=O)(=O)c4ccccc4)ccnc3[nH]2)cc1. The van der Waals surface area contributed by atoms with Crippen LogP contribution in [0.15, 0.2) is 93.7 Å². The fourth-order valence-corrected chi connectivity index (χ4v) is 6.78. The fraction of sp³-hybridized carbons (Fsp3) is 0.222. The quantitative estimate of drug-likeness (QED) is 0.377. The number of rotatable bonds is 6. The molecule has 6 nitrogen and oxygen atoms in total. The first-order valence-corrected chi connectivity index (χ1v) is 14.9. The summed E-state index contributed by atoms with van der Waals surface area (Å²) in [6.45, 7) is 0. The summed E-state index contributed by atoms with van der Waals surface area (Å²) in [7, 11) is -7.04. The predicted molar refractivity (Wildman–Crippen MR) is 137 cm³/mol. The highest BCUT2D eigenvalue weighted by Gasteiger charge is 2.23. The number of aromatic nitrogens is 2. The van der Waals surface area contributed by atoms with Crippen molar-refractivity contribution in [3.05, 3.63) is 90.3 Å². The minimum Gasteiger partial charge on any atom is -0.339 e. The van der Waals surface area contributed by atoms with Gasteiger partial charge < -0.3 is 4.98 Å². The summed E-state index contributed by atoms with van der Waals surface area (Å²) in [5.74, 6) is 0.409. The molecule has 4 aromatic rings. The van der Waals surface area contributed by atoms with E-state index in [1.165, 1.54) is 31.4 Å². The zero-order valence-electron chi connectivity index (χ0n) is 19.3. The highest BCUT2D eigenvalue weighted by atomic mass is 32.2. The van der Waals surface area contributed by atoms with Crippen LogP contribution in [0.2, 0.25) is 0 Å². The van der Waals surface area contributed by atoms with E-state index in [1.54, 1.807) is 54.6 Å². The lowest BCUT2D eigenvalue weighted by Gasteiger charge is -2.11. The van der Waals surface area contributed by atoms with Gasteiger partial charge in [-0.1, -0.05) is 49.2 Å². The van der Waals surface area contributed by atoms with Crippen molar-refractivity contribution in [3.8, 4) is 0 Å². The van der Waals surface area contributed by atoms with Crippen LogP contribution in [0.4, 0.5) is 0 Å². The number of hydrogen-bond donors (Lipinski definition) is 1. The van der Waals surface area contributed by atoms with Crippen molar-refractivity contribution < 1.29 is 16.8 Å². The summed E-state index contributed by atoms with van der Waals surface area (Å²) in [6.07, 6.45) is 9.45. The number of hydrogen-bond acceptors (Lipinski definition) is 5. The van der Waals surface area contributed by atoms with E-state index in [2.05, 4.69) is 16.0 Å². The second-order valence-electron chi connectivity index (χ2n) is 8.99. The summed E-state index contributed by atoms with van der Waals surface area (Å²) >= 11 is 0. The molecule has 0 bridgehead atoms. The molecule has 0 aliphatic heterocycles. The molecular weight excluding hydrogens is 480 g/mol. The van der Waals surface area contributed by atoms with Crippen LogP contribution >= 0.6 is 0 Å². The molecule has 8 heteroatoms. The fourth-order valence-electron chi connectivity index (χ4n) is 4.69. The highest BCUT2D eigenvalue weighted by molar-refractivity contribution is 7.91. The normalized spacial score (nSPS) is 15.6. The number of H-pyrrole nitrogens is 1. The smallest absolute Gasteiger partial charge is 0.207 e. The molecule has 0 atom stereocenters. The molecule has 180 valence electrons. The van der Waals surface area contributed by atoms with Gasteiger partial charge in [0.2, 0.25) is 9.84 Å². The van der Waals surface area contributed by atoms with Crippen LogP contribution in [-0.2, 0) is 19.7 Å². The third kappa shape index (κ3) is 4.68. The number of allylic oxidation sites excluding steroid dienone is 1. The van der Waals surface area contributed by atoms with Crippen LogP contribution in [0.1, 0.15) is 36.9 Å². The Morgan fingerprint density at radius 3 is 2.26 bits per heavy atom. The van der Waals surface area contributed by atoms with Gasteiger partial charge in [0.05, 0.1) is 14.7 Å². The van der Waals surface area contributed by atoms with Crippen molar-refractivity contribution in [1.29, 1.82) is 0 Å². The average Bonchev–Trinajstić information content (AvgIpc) is 3.52. The Morgan fingerprint density at radius 1 is 0.914 bits per heavy atom. The Hall–Kier alpha value is -3.23. The van der Waals surface area contributed by atoms with Gasteiger partial charge in [0.1, 0.15) is 5.65 Å². The zero-order chi connectivity index (χ0) is 24.6. The van der Waals surface area contributed by atoms with Crippen LogP contribution in [0.25, 0.3) is 16.6 Å². The molecule has 0 radical (unpaired) electrons. The maximum Gasteiger partial charge on any atom is 0.207 e. The maximum absolute atomic E-state index is 13.4. The number of fused-ring (bicyclic) bond motifs is 1. The van der Waals surface area contributed by atoms with Gasteiger partial charge >= 0.3 is 0 Å². The van der Waals surface area contributed by atoms with Crippen molar-refractivity contribution in [2.45, 2.75) is 40.4 Å². The highest BCUT2D eigenvalue weighted by Crippen LogP contribution is 2.35. The van der Waals surface area contributed by atoms with Gasteiger partial charge in [0.15, 0.2) is 9.84 Å². The second kappa shape index (κ2) is 9.09. The van der Waals surface area contributed by atoms with E-state index in [1.807, 2.05) is 6.07 Å². The van der Waals surface area contributed by atoms with E-state index in [9.17, 15) is 16.8 Å². The van der Waals surface area contributed by atoms with Crippen LogP contribution < -0.4 is 0 Å². The van der Waals surface area contributed by atoms with E-state index in [0.29, 0.717) is 17.0 Å². The Morgan fingerprint density at radius 2 is 1.60 bits per heavy atom. The molecule has 0 unspecified atom stereocenters. The first-order valence-electron chi connectivity index (χ1n) is 11.5. The van der Waals surface area contributed by atoms with Crippen LogP contribution in [0.3, 0.4) is 0 Å². The number of pyridine rings is 1. The van der Waals surface area contributed by atoms with Crippen molar-refractivity contribution in [3.63, 3.8) is 0 Å². The van der Waals surface area contributed by atoms with Gasteiger partial charge in [-0.2, -0.15) is 0 Å². The lowest BCUT2D eigenvalue weighted by atomic mass is 9.96. The molecule has 1 aliphatic carbocycles. The standard InChI is InChI=1S/C27H26N2O4S2/c1-34(30,31)21-13-11-20(12-14-21)23(17-19-7-5-6-8-19)25-18-24-26(15-16-28-27(24)29-25)35(32,33)22-9-3-2-4-10-22/h2-4,9-19H,5-8H2,1H3,(H,28,29). The Bertz CT molecular complexity index is 1610. The zero-order valence-corrected chi connectivity index (χ0v) is 20.9. The first-order chi connectivity index (χ1) is 16.7. The van der Waals surface area contributed by atoms with Crippen molar-refractivity contribution >= 4 is 36.3 Å². The number of aromatic amines is 1.